The van der Waals surface area contributed by atoms with Crippen molar-refractivity contribution in [1.82, 2.24) is 29.8 Å². The third-order valence-corrected chi connectivity index (χ3v) is 5.84. The molecule has 2 aliphatic heterocycles. The summed E-state index contributed by atoms with van der Waals surface area (Å²) in [5, 5.41) is 6.01. The lowest BCUT2D eigenvalue weighted by Gasteiger charge is -2.24. The van der Waals surface area contributed by atoms with Gasteiger partial charge in [-0.1, -0.05) is 0 Å². The van der Waals surface area contributed by atoms with Crippen molar-refractivity contribution in [3.63, 3.8) is 0 Å². The molecule has 5 rings (SSSR count). The fraction of sp³-hybridized carbons (Fsp3) is 0.333. The Morgan fingerprint density at radius 1 is 1.15 bits per heavy atom. The standard InChI is InChI=1S/C21H23N9O3S/c1-5-28(6-2)17-8-7-14(13(3)24-17)25-18-16(12-29-32-34-33-29)27-30-20(18)26-19(21(30)31-4)15-11-22-9-10-23-15/h7-11H,5-6,12H2,1-4H3/b25-18-. The van der Waals surface area contributed by atoms with Crippen molar-refractivity contribution in [2.24, 2.45) is 10.1 Å². The van der Waals surface area contributed by atoms with E-state index in [-0.39, 0.29) is 6.54 Å². The highest BCUT2D eigenvalue weighted by Gasteiger charge is 2.34. The topological polar surface area (TPSA) is 115 Å². The van der Waals surface area contributed by atoms with Crippen LogP contribution in [0.15, 0.2) is 40.8 Å². The Bertz CT molecular complexity index is 1250. The normalized spacial score (nSPS) is 16.4. The number of rotatable bonds is 8. The van der Waals surface area contributed by atoms with Gasteiger partial charge in [0.1, 0.15) is 29.5 Å². The second-order valence-corrected chi connectivity index (χ2v) is 7.79. The maximum absolute atomic E-state index is 5.64. The van der Waals surface area contributed by atoms with E-state index in [1.54, 1.807) is 30.4 Å². The highest BCUT2D eigenvalue weighted by molar-refractivity contribution is 7.90. The molecule has 34 heavy (non-hydrogen) atoms. The molecule has 0 N–H and O–H groups in total. The average molecular weight is 482 g/mol. The second-order valence-electron chi connectivity index (χ2n) is 7.36. The lowest BCUT2D eigenvalue weighted by atomic mass is 10.2. The summed E-state index contributed by atoms with van der Waals surface area (Å²) in [5.41, 5.74) is 3.80. The number of imidazole rings is 1. The van der Waals surface area contributed by atoms with Crippen LogP contribution in [0.3, 0.4) is 0 Å². The monoisotopic (exact) mass is 481 g/mol. The molecule has 0 saturated carbocycles. The van der Waals surface area contributed by atoms with Crippen LogP contribution in [0, 0.1) is 6.92 Å². The predicted molar refractivity (Wildman–Crippen MR) is 128 cm³/mol. The van der Waals surface area contributed by atoms with Crippen molar-refractivity contribution in [1.29, 1.82) is 0 Å². The molecule has 0 radical (unpaired) electrons. The third-order valence-electron chi connectivity index (χ3n) is 5.39. The lowest BCUT2D eigenvalue weighted by molar-refractivity contribution is -0.291. The molecule has 2 aliphatic rings. The summed E-state index contributed by atoms with van der Waals surface area (Å²) in [4.78, 5) is 25.1. The molecule has 0 bridgehead atoms. The van der Waals surface area contributed by atoms with E-state index in [9.17, 15) is 0 Å². The predicted octanol–water partition coefficient (Wildman–Crippen LogP) is 2.98. The van der Waals surface area contributed by atoms with Crippen LogP contribution in [0.25, 0.3) is 11.4 Å². The van der Waals surface area contributed by atoms with Crippen LogP contribution in [0.1, 0.15) is 25.4 Å². The molecule has 0 unspecified atom stereocenters. The second kappa shape index (κ2) is 9.46. The van der Waals surface area contributed by atoms with Gasteiger partial charge in [-0.25, -0.2) is 15.0 Å². The van der Waals surface area contributed by atoms with Gasteiger partial charge in [-0.15, -0.1) is 0 Å². The lowest BCUT2D eigenvalue weighted by Crippen LogP contribution is -2.35. The molecule has 0 spiro atoms. The number of hydrogen-bond acceptors (Lipinski definition) is 12. The van der Waals surface area contributed by atoms with Gasteiger partial charge in [0.15, 0.2) is 11.5 Å². The Labute approximate surface area is 200 Å². The van der Waals surface area contributed by atoms with Gasteiger partial charge in [0.25, 0.3) is 0 Å². The van der Waals surface area contributed by atoms with Gasteiger partial charge in [-0.2, -0.15) is 18.3 Å². The van der Waals surface area contributed by atoms with Crippen LogP contribution in [-0.2, 0) is 8.57 Å². The summed E-state index contributed by atoms with van der Waals surface area (Å²) in [6, 6.07) is 3.93. The van der Waals surface area contributed by atoms with E-state index >= 15 is 0 Å². The Morgan fingerprint density at radius 3 is 2.59 bits per heavy atom. The highest BCUT2D eigenvalue weighted by Crippen LogP contribution is 2.34. The van der Waals surface area contributed by atoms with Crippen molar-refractivity contribution in [3.8, 4) is 17.3 Å². The molecule has 13 heteroatoms. The van der Waals surface area contributed by atoms with Crippen LogP contribution >= 0.6 is 12.3 Å². The molecule has 0 amide bonds. The number of fused-ring (bicyclic) bond motifs is 1. The van der Waals surface area contributed by atoms with E-state index < -0.39 is 0 Å². The minimum absolute atomic E-state index is 0.253. The Morgan fingerprint density at radius 2 is 1.97 bits per heavy atom. The molecule has 1 saturated heterocycles. The largest absolute Gasteiger partial charge is 0.479 e. The number of hydrogen-bond donors (Lipinski definition) is 0. The summed E-state index contributed by atoms with van der Waals surface area (Å²) in [6.45, 7) is 8.16. The minimum atomic E-state index is 0.253. The van der Waals surface area contributed by atoms with E-state index in [1.807, 2.05) is 19.1 Å². The SMILES string of the molecule is CCN(CC)c1ccc(/N=C2/C(CN3OSO3)=Nn3c2nc(-c2cnccn2)c3OC)c(C)n1. The number of aliphatic imine (C=N–C) groups is 1. The molecule has 3 aromatic rings. The molecule has 176 valence electrons. The average Bonchev–Trinajstić information content (AvgIpc) is 3.35. The zero-order valence-corrected chi connectivity index (χ0v) is 20.0. The van der Waals surface area contributed by atoms with E-state index in [0.29, 0.717) is 34.5 Å². The summed E-state index contributed by atoms with van der Waals surface area (Å²) in [7, 11) is 1.56. The number of aromatic nitrogens is 5. The summed E-state index contributed by atoms with van der Waals surface area (Å²) in [5.74, 6) is 1.87. The van der Waals surface area contributed by atoms with E-state index in [1.165, 1.54) is 5.23 Å². The van der Waals surface area contributed by atoms with Crippen LogP contribution in [0.2, 0.25) is 0 Å². The van der Waals surface area contributed by atoms with E-state index in [4.69, 9.17) is 33.4 Å². The maximum atomic E-state index is 5.64. The van der Waals surface area contributed by atoms with Crippen molar-refractivity contribution in [2.45, 2.75) is 20.8 Å². The van der Waals surface area contributed by atoms with Gasteiger partial charge in [0, 0.05) is 25.5 Å². The maximum Gasteiger partial charge on any atom is 0.245 e. The van der Waals surface area contributed by atoms with Gasteiger partial charge in [-0.3, -0.25) is 9.97 Å². The number of methoxy groups -OCH3 is 1. The van der Waals surface area contributed by atoms with Crippen molar-refractivity contribution in [2.75, 3.05) is 31.6 Å². The number of ether oxygens (including phenoxy) is 1. The van der Waals surface area contributed by atoms with Crippen LogP contribution in [0.4, 0.5) is 11.5 Å². The Hall–Kier alpha value is -3.39. The minimum Gasteiger partial charge on any atom is -0.479 e. The Kier molecular flexibility index (Phi) is 6.24. The van der Waals surface area contributed by atoms with Crippen molar-refractivity contribution < 1.29 is 13.3 Å². The summed E-state index contributed by atoms with van der Waals surface area (Å²) >= 11 is 0.892. The first-order valence-electron chi connectivity index (χ1n) is 10.7. The van der Waals surface area contributed by atoms with Gasteiger partial charge >= 0.3 is 0 Å². The molecule has 0 aliphatic carbocycles. The molecule has 0 atom stereocenters. The number of aryl methyl sites for hydroxylation is 1. The summed E-state index contributed by atoms with van der Waals surface area (Å²) < 4.78 is 17.7. The summed E-state index contributed by atoms with van der Waals surface area (Å²) in [6.07, 6.45) is 4.83. The quantitative estimate of drug-likeness (QED) is 0.445. The molecule has 1 fully saturated rings. The molecular weight excluding hydrogens is 458 g/mol. The molecule has 5 heterocycles. The fourth-order valence-corrected chi connectivity index (χ4v) is 3.94. The first-order valence-corrected chi connectivity index (χ1v) is 11.4. The molecule has 12 nitrogen and oxygen atoms in total. The van der Waals surface area contributed by atoms with Crippen molar-refractivity contribution >= 4 is 35.3 Å². The van der Waals surface area contributed by atoms with Gasteiger partial charge < -0.3 is 9.64 Å². The van der Waals surface area contributed by atoms with Gasteiger partial charge in [-0.05, 0) is 38.1 Å². The number of pyridine rings is 1. The van der Waals surface area contributed by atoms with Gasteiger partial charge in [0.05, 0.1) is 24.7 Å². The number of anilines is 1. The molecule has 0 aromatic carbocycles. The van der Waals surface area contributed by atoms with E-state index in [0.717, 1.165) is 42.6 Å². The van der Waals surface area contributed by atoms with Crippen LogP contribution in [0.5, 0.6) is 5.88 Å². The highest BCUT2D eigenvalue weighted by atomic mass is 32.2. The smallest absolute Gasteiger partial charge is 0.245 e. The first kappa shape index (κ1) is 22.4. The van der Waals surface area contributed by atoms with Gasteiger partial charge in [0.2, 0.25) is 18.2 Å². The van der Waals surface area contributed by atoms with E-state index in [2.05, 4.69) is 28.7 Å². The Balaban J connectivity index is 1.59. The molecule has 3 aromatic heterocycles. The van der Waals surface area contributed by atoms with Crippen molar-refractivity contribution in [3.05, 3.63) is 42.2 Å². The van der Waals surface area contributed by atoms with Crippen LogP contribution in [-0.4, -0.2) is 68.0 Å². The first-order chi connectivity index (χ1) is 16.6. The zero-order valence-electron chi connectivity index (χ0n) is 19.2. The fourth-order valence-electron chi connectivity index (χ4n) is 3.68. The zero-order chi connectivity index (χ0) is 23.7. The molecular formula is C21H23N9O3S. The van der Waals surface area contributed by atoms with Crippen LogP contribution < -0.4 is 9.64 Å². The third kappa shape index (κ3) is 4.03. The number of hydroxylamine groups is 2. The number of nitrogens with zero attached hydrogens (tertiary/aromatic N) is 9.